The van der Waals surface area contributed by atoms with Gasteiger partial charge in [-0.2, -0.15) is 0 Å². The van der Waals surface area contributed by atoms with Gasteiger partial charge in [0.2, 0.25) is 0 Å². The summed E-state index contributed by atoms with van der Waals surface area (Å²) in [5, 5.41) is 23.1. The lowest BCUT2D eigenvalue weighted by Crippen LogP contribution is -2.05. The zero-order chi connectivity index (χ0) is 13.1. The number of rotatable bonds is 4. The summed E-state index contributed by atoms with van der Waals surface area (Å²) in [6, 6.07) is 0. The van der Waals surface area contributed by atoms with Crippen LogP contribution in [0.4, 0.5) is 9.59 Å². The van der Waals surface area contributed by atoms with E-state index in [1.165, 1.54) is 0 Å². The van der Waals surface area contributed by atoms with Gasteiger partial charge in [-0.1, -0.05) is 6.92 Å². The molecule has 0 aromatic carbocycles. The minimum atomic E-state index is -1.81. The summed E-state index contributed by atoms with van der Waals surface area (Å²) >= 11 is 0. The topological polar surface area (TPSA) is 138 Å². The number of aliphatic carboxylic acids is 1. The molecule has 3 N–H and O–H groups in total. The zero-order valence-electron chi connectivity index (χ0n) is 8.50. The third-order valence-corrected chi connectivity index (χ3v) is 1.19. The zero-order valence-corrected chi connectivity index (χ0v) is 8.50. The maximum absolute atomic E-state index is 10.5. The minimum absolute atomic E-state index is 0.0115. The van der Waals surface area contributed by atoms with Crippen molar-refractivity contribution in [3.8, 4) is 0 Å². The number of carboxylic acid groups (broad SMARTS) is 3. The molecule has 0 aromatic rings. The van der Waals surface area contributed by atoms with Crippen molar-refractivity contribution in [2.45, 2.75) is 26.2 Å². The molecule has 0 rings (SSSR count). The van der Waals surface area contributed by atoms with Gasteiger partial charge in [-0.25, -0.2) is 9.59 Å². The average Bonchev–Trinajstić information content (AvgIpc) is 2.12. The highest BCUT2D eigenvalue weighted by atomic mass is 16.7. The normalized spacial score (nSPS) is 8.31. The van der Waals surface area contributed by atoms with Crippen molar-refractivity contribution >= 4 is 24.1 Å². The maximum Gasteiger partial charge on any atom is 0.516 e. The smallest absolute Gasteiger partial charge is 0.481 e. The van der Waals surface area contributed by atoms with Crippen LogP contribution < -0.4 is 0 Å². The molecule has 0 aliphatic heterocycles. The highest BCUT2D eigenvalue weighted by Crippen LogP contribution is 1.93. The third-order valence-electron chi connectivity index (χ3n) is 1.19. The summed E-state index contributed by atoms with van der Waals surface area (Å²) < 4.78 is 3.08. The van der Waals surface area contributed by atoms with Gasteiger partial charge in [0.1, 0.15) is 5.78 Å². The minimum Gasteiger partial charge on any atom is -0.481 e. The molecule has 0 atom stereocenters. The van der Waals surface area contributed by atoms with Gasteiger partial charge in [-0.15, -0.1) is 0 Å². The first-order valence-electron chi connectivity index (χ1n) is 4.16. The second-order valence-electron chi connectivity index (χ2n) is 2.42. The molecular weight excluding hydrogens is 224 g/mol. The number of carboxylic acids is 1. The molecule has 0 heterocycles. The van der Waals surface area contributed by atoms with Crippen LogP contribution in [-0.4, -0.2) is 39.4 Å². The SMILES string of the molecule is CCC(=O)CCC(=O)O.O=C(O)OC(=O)O. The highest BCUT2D eigenvalue weighted by Gasteiger charge is 2.01. The molecule has 8 nitrogen and oxygen atoms in total. The van der Waals surface area contributed by atoms with Crippen LogP contribution in [0.2, 0.25) is 0 Å². The monoisotopic (exact) mass is 236 g/mol. The van der Waals surface area contributed by atoms with Crippen molar-refractivity contribution in [3.63, 3.8) is 0 Å². The maximum atomic E-state index is 10.5. The molecule has 0 amide bonds. The molecule has 8 heteroatoms. The molecule has 0 aromatic heterocycles. The van der Waals surface area contributed by atoms with E-state index in [-0.39, 0.29) is 18.6 Å². The van der Waals surface area contributed by atoms with E-state index in [1.807, 2.05) is 0 Å². The van der Waals surface area contributed by atoms with E-state index in [1.54, 1.807) is 6.92 Å². The van der Waals surface area contributed by atoms with Crippen LogP contribution in [0.15, 0.2) is 0 Å². The van der Waals surface area contributed by atoms with Crippen LogP contribution in [0.25, 0.3) is 0 Å². The summed E-state index contributed by atoms with van der Waals surface area (Å²) in [4.78, 5) is 38.7. The van der Waals surface area contributed by atoms with E-state index < -0.39 is 18.3 Å². The first-order chi connectivity index (χ1) is 7.29. The molecule has 0 bridgehead atoms. The van der Waals surface area contributed by atoms with E-state index in [0.29, 0.717) is 6.42 Å². The van der Waals surface area contributed by atoms with E-state index >= 15 is 0 Å². The molecule has 92 valence electrons. The van der Waals surface area contributed by atoms with Crippen molar-refractivity contribution in [2.75, 3.05) is 0 Å². The Balaban J connectivity index is 0. The molecule has 0 aliphatic rings. The second-order valence-corrected chi connectivity index (χ2v) is 2.42. The van der Waals surface area contributed by atoms with Crippen molar-refractivity contribution in [2.24, 2.45) is 0 Å². The highest BCUT2D eigenvalue weighted by molar-refractivity contribution is 5.82. The van der Waals surface area contributed by atoms with Crippen LogP contribution in [0.5, 0.6) is 0 Å². The van der Waals surface area contributed by atoms with Gasteiger partial charge < -0.3 is 20.1 Å². The predicted octanol–water partition coefficient (Wildman–Crippen LogP) is 1.19. The van der Waals surface area contributed by atoms with Crippen LogP contribution in [0, 0.1) is 0 Å². The van der Waals surface area contributed by atoms with Gasteiger partial charge in [-0.3, -0.25) is 9.59 Å². The van der Waals surface area contributed by atoms with Crippen LogP contribution in [-0.2, 0) is 14.3 Å². The Morgan fingerprint density at radius 3 is 1.56 bits per heavy atom. The van der Waals surface area contributed by atoms with Gasteiger partial charge in [-0.05, 0) is 0 Å². The number of carbonyl (C=O) groups excluding carboxylic acids is 1. The number of hydrogen-bond acceptors (Lipinski definition) is 5. The number of carbonyl (C=O) groups is 4. The molecule has 0 unspecified atom stereocenters. The quantitative estimate of drug-likeness (QED) is 0.488. The Morgan fingerprint density at radius 1 is 0.938 bits per heavy atom. The van der Waals surface area contributed by atoms with Crippen molar-refractivity contribution in [1.29, 1.82) is 0 Å². The fourth-order valence-electron chi connectivity index (χ4n) is 0.498. The fourth-order valence-corrected chi connectivity index (χ4v) is 0.498. The van der Waals surface area contributed by atoms with Crippen molar-refractivity contribution in [1.82, 2.24) is 0 Å². The molecule has 0 fully saturated rings. The Kier molecular flexibility index (Phi) is 9.62. The van der Waals surface area contributed by atoms with E-state index in [0.717, 1.165) is 0 Å². The van der Waals surface area contributed by atoms with Crippen LogP contribution in [0.3, 0.4) is 0 Å². The lowest BCUT2D eigenvalue weighted by atomic mass is 10.2. The van der Waals surface area contributed by atoms with Crippen LogP contribution >= 0.6 is 0 Å². The molecule has 0 radical (unpaired) electrons. The molecular formula is C8H12O8. The van der Waals surface area contributed by atoms with Crippen LogP contribution in [0.1, 0.15) is 26.2 Å². The van der Waals surface area contributed by atoms with E-state index in [4.69, 9.17) is 15.3 Å². The van der Waals surface area contributed by atoms with Gasteiger partial charge in [0.25, 0.3) is 0 Å². The summed E-state index contributed by atoms with van der Waals surface area (Å²) in [6.07, 6.45) is -3.05. The van der Waals surface area contributed by atoms with Gasteiger partial charge in [0.05, 0.1) is 6.42 Å². The lowest BCUT2D eigenvalue weighted by molar-refractivity contribution is -0.138. The van der Waals surface area contributed by atoms with Gasteiger partial charge >= 0.3 is 18.3 Å². The summed E-state index contributed by atoms with van der Waals surface area (Å²) in [7, 11) is 0. The third kappa shape index (κ3) is 17.8. The first kappa shape index (κ1) is 16.3. The number of Topliss-reactive ketones (excluding diaryl/α,β-unsaturated/α-hetero) is 1. The largest absolute Gasteiger partial charge is 0.516 e. The number of hydrogen-bond donors (Lipinski definition) is 3. The lowest BCUT2D eigenvalue weighted by Gasteiger charge is -1.90. The summed E-state index contributed by atoms with van der Waals surface area (Å²) in [5.41, 5.74) is 0. The second kappa shape index (κ2) is 9.44. The Bertz CT molecular complexity index is 257. The average molecular weight is 236 g/mol. The molecule has 0 spiro atoms. The molecule has 16 heavy (non-hydrogen) atoms. The van der Waals surface area contributed by atoms with E-state index in [2.05, 4.69) is 4.74 Å². The fraction of sp³-hybridized carbons (Fsp3) is 0.500. The first-order valence-corrected chi connectivity index (χ1v) is 4.16. The van der Waals surface area contributed by atoms with Gasteiger partial charge in [0, 0.05) is 12.8 Å². The molecule has 0 aliphatic carbocycles. The molecule has 0 saturated carbocycles. The summed E-state index contributed by atoms with van der Waals surface area (Å²) in [6.45, 7) is 1.73. The number of ether oxygens (including phenoxy) is 1. The predicted molar refractivity (Wildman–Crippen MR) is 49.3 cm³/mol. The standard InChI is InChI=1S/C6H10O3.C2H2O5/c1-2-5(7)3-4-6(8)9;3-1(4)7-2(5)6/h2-4H2,1H3,(H,8,9);(H,3,4)(H,5,6). The van der Waals surface area contributed by atoms with Crippen molar-refractivity contribution < 1.29 is 39.2 Å². The van der Waals surface area contributed by atoms with Crippen molar-refractivity contribution in [3.05, 3.63) is 0 Å². The Hall–Kier alpha value is -2.12. The van der Waals surface area contributed by atoms with E-state index in [9.17, 15) is 19.2 Å². The Morgan fingerprint density at radius 2 is 1.38 bits per heavy atom. The molecule has 0 saturated heterocycles. The summed E-state index contributed by atoms with van der Waals surface area (Å²) in [5.74, 6) is -0.894. The Labute approximate surface area is 90.4 Å². The number of ketones is 1. The van der Waals surface area contributed by atoms with Gasteiger partial charge in [0.15, 0.2) is 0 Å².